The maximum atomic E-state index is 12.6. The fourth-order valence-electron chi connectivity index (χ4n) is 3.40. The second kappa shape index (κ2) is 8.84. The Hall–Kier alpha value is -2.63. The molecule has 27 heavy (non-hydrogen) atoms. The first-order valence-electron chi connectivity index (χ1n) is 9.73. The second-order valence-corrected chi connectivity index (χ2v) is 7.08. The van der Waals surface area contributed by atoms with Gasteiger partial charge in [-0.05, 0) is 32.8 Å². The average Bonchev–Trinajstić information content (AvgIpc) is 2.66. The Balaban J connectivity index is 1.53. The van der Waals surface area contributed by atoms with Crippen molar-refractivity contribution in [2.24, 2.45) is 0 Å². The van der Waals surface area contributed by atoms with Crippen molar-refractivity contribution < 1.29 is 4.79 Å². The van der Waals surface area contributed by atoms with Crippen LogP contribution in [0.15, 0.2) is 30.3 Å². The van der Waals surface area contributed by atoms with Crippen molar-refractivity contribution in [3.05, 3.63) is 47.2 Å². The van der Waals surface area contributed by atoms with E-state index in [1.165, 1.54) is 11.1 Å². The zero-order chi connectivity index (χ0) is 19.2. The van der Waals surface area contributed by atoms with Crippen LogP contribution in [0, 0.1) is 13.8 Å². The van der Waals surface area contributed by atoms with Crippen LogP contribution >= 0.6 is 0 Å². The molecule has 1 aliphatic rings. The number of nitrogens with one attached hydrogen (secondary N) is 1. The van der Waals surface area contributed by atoms with Crippen LogP contribution in [0.2, 0.25) is 0 Å². The van der Waals surface area contributed by atoms with E-state index in [1.807, 2.05) is 17.9 Å². The van der Waals surface area contributed by atoms with Gasteiger partial charge in [-0.1, -0.05) is 29.8 Å². The number of nitrogens with zero attached hydrogens (tertiary/aromatic N) is 4. The lowest BCUT2D eigenvalue weighted by molar-refractivity contribution is -0.131. The fourth-order valence-corrected chi connectivity index (χ4v) is 3.40. The Bertz CT molecular complexity index is 784. The molecule has 0 radical (unpaired) electrons. The Morgan fingerprint density at radius 1 is 1.11 bits per heavy atom. The Morgan fingerprint density at radius 2 is 1.89 bits per heavy atom. The van der Waals surface area contributed by atoms with Gasteiger partial charge in [-0.2, -0.15) is 4.98 Å². The quantitative estimate of drug-likeness (QED) is 0.851. The minimum atomic E-state index is 0.231. The molecular weight excluding hydrogens is 338 g/mol. The lowest BCUT2D eigenvalue weighted by atomic mass is 10.1. The second-order valence-electron chi connectivity index (χ2n) is 7.08. The number of amides is 1. The lowest BCUT2D eigenvalue weighted by Crippen LogP contribution is -2.49. The van der Waals surface area contributed by atoms with Crippen LogP contribution in [-0.2, 0) is 11.2 Å². The summed E-state index contributed by atoms with van der Waals surface area (Å²) in [6.07, 6.45) is 1.36. The third kappa shape index (κ3) is 5.18. The maximum Gasteiger partial charge on any atom is 0.227 e. The van der Waals surface area contributed by atoms with E-state index in [9.17, 15) is 4.79 Å². The zero-order valence-electron chi connectivity index (χ0n) is 16.5. The predicted molar refractivity (Wildman–Crippen MR) is 109 cm³/mol. The van der Waals surface area contributed by atoms with Crippen molar-refractivity contribution in [1.82, 2.24) is 14.9 Å². The zero-order valence-corrected chi connectivity index (χ0v) is 16.5. The summed E-state index contributed by atoms with van der Waals surface area (Å²) < 4.78 is 0. The molecule has 2 heterocycles. The number of carbonyl (C=O) groups is 1. The number of aryl methyl sites for hydroxylation is 3. The van der Waals surface area contributed by atoms with Crippen LogP contribution in [0.4, 0.5) is 11.8 Å². The molecule has 0 bridgehead atoms. The fraction of sp³-hybridized carbons (Fsp3) is 0.476. The third-order valence-electron chi connectivity index (χ3n) is 4.83. The highest BCUT2D eigenvalue weighted by atomic mass is 16.2. The highest BCUT2D eigenvalue weighted by molar-refractivity contribution is 5.76. The summed E-state index contributed by atoms with van der Waals surface area (Å²) in [7, 11) is 0. The molecule has 1 aromatic heterocycles. The molecule has 1 saturated heterocycles. The van der Waals surface area contributed by atoms with Crippen molar-refractivity contribution >= 4 is 17.7 Å². The van der Waals surface area contributed by atoms with E-state index < -0.39 is 0 Å². The molecular formula is C21H29N5O. The van der Waals surface area contributed by atoms with Gasteiger partial charge in [0.05, 0.1) is 0 Å². The summed E-state index contributed by atoms with van der Waals surface area (Å²) in [5, 5.41) is 3.25. The number of carbonyl (C=O) groups excluding carboxylic acids is 1. The van der Waals surface area contributed by atoms with Crippen LogP contribution < -0.4 is 10.2 Å². The van der Waals surface area contributed by atoms with Gasteiger partial charge in [0.25, 0.3) is 0 Å². The molecule has 1 fully saturated rings. The molecule has 0 atom stereocenters. The van der Waals surface area contributed by atoms with E-state index in [1.54, 1.807) is 0 Å². The van der Waals surface area contributed by atoms with Gasteiger partial charge in [0.1, 0.15) is 5.82 Å². The van der Waals surface area contributed by atoms with Crippen LogP contribution in [-0.4, -0.2) is 53.5 Å². The summed E-state index contributed by atoms with van der Waals surface area (Å²) in [5.41, 5.74) is 3.42. The molecule has 1 aliphatic heterocycles. The number of piperazine rings is 1. The minimum absolute atomic E-state index is 0.231. The smallest absolute Gasteiger partial charge is 0.227 e. The first-order chi connectivity index (χ1) is 13.0. The van der Waals surface area contributed by atoms with E-state index in [0.29, 0.717) is 6.42 Å². The molecule has 1 aromatic carbocycles. The average molecular weight is 367 g/mol. The predicted octanol–water partition coefficient (Wildman–Crippen LogP) is 2.81. The summed E-state index contributed by atoms with van der Waals surface area (Å²) in [4.78, 5) is 25.9. The monoisotopic (exact) mass is 367 g/mol. The van der Waals surface area contributed by atoms with Crippen LogP contribution in [0.1, 0.15) is 30.2 Å². The van der Waals surface area contributed by atoms with Crippen LogP contribution in [0.3, 0.4) is 0 Å². The van der Waals surface area contributed by atoms with Crippen molar-refractivity contribution in [1.29, 1.82) is 0 Å². The molecule has 1 amide bonds. The minimum Gasteiger partial charge on any atom is -0.370 e. The molecule has 144 valence electrons. The Morgan fingerprint density at radius 3 is 2.59 bits per heavy atom. The van der Waals surface area contributed by atoms with Gasteiger partial charge >= 0.3 is 0 Å². The van der Waals surface area contributed by atoms with Crippen molar-refractivity contribution in [2.45, 2.75) is 33.6 Å². The largest absolute Gasteiger partial charge is 0.370 e. The van der Waals surface area contributed by atoms with E-state index in [4.69, 9.17) is 0 Å². The highest BCUT2D eigenvalue weighted by Crippen LogP contribution is 2.16. The first kappa shape index (κ1) is 19.1. The Kier molecular flexibility index (Phi) is 6.27. The topological polar surface area (TPSA) is 61.4 Å². The molecule has 3 rings (SSSR count). The van der Waals surface area contributed by atoms with E-state index in [-0.39, 0.29) is 5.91 Å². The van der Waals surface area contributed by atoms with E-state index in [2.05, 4.69) is 58.3 Å². The normalized spacial score (nSPS) is 14.3. The summed E-state index contributed by atoms with van der Waals surface area (Å²) in [6.45, 7) is 9.94. The van der Waals surface area contributed by atoms with Crippen molar-refractivity contribution in [3.63, 3.8) is 0 Å². The van der Waals surface area contributed by atoms with Gasteiger partial charge in [0.2, 0.25) is 11.9 Å². The molecule has 0 aliphatic carbocycles. The van der Waals surface area contributed by atoms with Gasteiger partial charge in [-0.15, -0.1) is 0 Å². The van der Waals surface area contributed by atoms with Gasteiger partial charge in [-0.3, -0.25) is 4.79 Å². The lowest BCUT2D eigenvalue weighted by Gasteiger charge is -2.35. The maximum absolute atomic E-state index is 12.6. The van der Waals surface area contributed by atoms with Crippen LogP contribution in [0.5, 0.6) is 0 Å². The standard InChI is InChI=1S/C21H29N5O/c1-4-22-19-15-17(3)23-21(24-19)26-12-10-25(11-13-26)20(27)9-8-18-7-5-6-16(2)14-18/h5-7,14-15H,4,8-13H2,1-3H3,(H,22,23,24). The molecule has 0 spiro atoms. The molecule has 1 N–H and O–H groups in total. The molecule has 0 saturated carbocycles. The number of hydrogen-bond donors (Lipinski definition) is 1. The summed E-state index contributed by atoms with van der Waals surface area (Å²) in [5.74, 6) is 1.84. The number of benzene rings is 1. The first-order valence-corrected chi connectivity index (χ1v) is 9.73. The number of anilines is 2. The van der Waals surface area contributed by atoms with E-state index in [0.717, 1.165) is 56.6 Å². The van der Waals surface area contributed by atoms with Crippen LogP contribution in [0.25, 0.3) is 0 Å². The van der Waals surface area contributed by atoms with Crippen molar-refractivity contribution in [3.8, 4) is 0 Å². The van der Waals surface area contributed by atoms with E-state index >= 15 is 0 Å². The van der Waals surface area contributed by atoms with Crippen molar-refractivity contribution in [2.75, 3.05) is 42.9 Å². The molecule has 0 unspecified atom stereocenters. The van der Waals surface area contributed by atoms with Gasteiger partial charge in [0, 0.05) is 50.9 Å². The third-order valence-corrected chi connectivity index (χ3v) is 4.83. The SMILES string of the molecule is CCNc1cc(C)nc(N2CCN(C(=O)CCc3cccc(C)c3)CC2)n1. The number of aromatic nitrogens is 2. The van der Waals surface area contributed by atoms with Gasteiger partial charge in [-0.25, -0.2) is 4.98 Å². The summed E-state index contributed by atoms with van der Waals surface area (Å²) >= 11 is 0. The molecule has 6 heteroatoms. The Labute approximate surface area is 161 Å². The summed E-state index contributed by atoms with van der Waals surface area (Å²) in [6, 6.07) is 10.3. The number of hydrogen-bond acceptors (Lipinski definition) is 5. The molecule has 2 aromatic rings. The highest BCUT2D eigenvalue weighted by Gasteiger charge is 2.22. The number of rotatable bonds is 6. The molecule has 6 nitrogen and oxygen atoms in total. The van der Waals surface area contributed by atoms with Gasteiger partial charge in [0.15, 0.2) is 0 Å². The van der Waals surface area contributed by atoms with Gasteiger partial charge < -0.3 is 15.1 Å².